The van der Waals surface area contributed by atoms with Gasteiger partial charge in [0.05, 0.1) is 17.1 Å². The zero-order valence-electron chi connectivity index (χ0n) is 23.3. The van der Waals surface area contributed by atoms with Crippen LogP contribution in [0.1, 0.15) is 25.0 Å². The summed E-state index contributed by atoms with van der Waals surface area (Å²) in [6.07, 6.45) is 3.63. The molecule has 0 N–H and O–H groups in total. The number of hydrogen-bond donors (Lipinski definition) is 0. The summed E-state index contributed by atoms with van der Waals surface area (Å²) in [6, 6.07) is 38.9. The summed E-state index contributed by atoms with van der Waals surface area (Å²) in [6.45, 7) is 4.54. The Kier molecular flexibility index (Phi) is 5.41. The van der Waals surface area contributed by atoms with Crippen LogP contribution < -0.4 is 9.64 Å². The monoisotopic (exact) mass is 545 g/mol. The molecule has 0 aliphatic carbocycles. The van der Waals surface area contributed by atoms with Gasteiger partial charge in [0.15, 0.2) is 0 Å². The van der Waals surface area contributed by atoms with Crippen molar-refractivity contribution in [2.24, 2.45) is 0 Å². The van der Waals surface area contributed by atoms with E-state index >= 15 is 0 Å². The molecule has 0 bridgehead atoms. The molecule has 0 radical (unpaired) electrons. The van der Waals surface area contributed by atoms with Gasteiger partial charge >= 0.3 is 0 Å². The number of anilines is 3. The Balaban J connectivity index is 1.29. The first-order chi connectivity index (χ1) is 20.6. The van der Waals surface area contributed by atoms with Crippen LogP contribution in [0.2, 0.25) is 0 Å². The van der Waals surface area contributed by atoms with Gasteiger partial charge in [-0.1, -0.05) is 62.4 Å². The number of ether oxygens (including phenoxy) is 1. The second kappa shape index (κ2) is 9.32. The Morgan fingerprint density at radius 3 is 2.31 bits per heavy atom. The summed E-state index contributed by atoms with van der Waals surface area (Å²) in [7, 11) is 0. The number of fused-ring (bicyclic) bond motifs is 6. The largest absolute Gasteiger partial charge is 0.457 e. The summed E-state index contributed by atoms with van der Waals surface area (Å²) in [5.41, 5.74) is 7.76. The van der Waals surface area contributed by atoms with Gasteiger partial charge in [0.2, 0.25) is 0 Å². The van der Waals surface area contributed by atoms with Gasteiger partial charge in [-0.15, -0.1) is 0 Å². The van der Waals surface area contributed by atoms with E-state index in [0.29, 0.717) is 0 Å². The molecule has 5 nitrogen and oxygen atoms in total. The van der Waals surface area contributed by atoms with Gasteiger partial charge in [-0.3, -0.25) is 9.88 Å². The Labute approximate surface area is 243 Å². The molecule has 0 saturated heterocycles. The third-order valence-corrected chi connectivity index (χ3v) is 8.18. The SMILES string of the molecule is CC1(C)c2ccc(Oc3cccc(-c4ccccn4)c3)cc2N(c2ccccn2)c2ccc3c(oc4ccccc43)c21. The standard InChI is InChI=1S/C37H27N3O2/c1-37(2)29-18-16-26(41-25-11-9-10-24(22-25)30-13-5-7-20-38-30)23-32(29)40(34-15-6-8-21-39-34)31-19-17-28-27-12-3-4-14-33(27)42-36(28)35(31)37/h3-23H,1-2H3. The molecule has 7 aromatic rings. The summed E-state index contributed by atoms with van der Waals surface area (Å²) >= 11 is 0. The van der Waals surface area contributed by atoms with Crippen molar-refractivity contribution in [3.8, 4) is 22.8 Å². The van der Waals surface area contributed by atoms with Crippen LogP contribution in [-0.2, 0) is 5.41 Å². The van der Waals surface area contributed by atoms with E-state index in [2.05, 4.69) is 60.1 Å². The predicted molar refractivity (Wildman–Crippen MR) is 168 cm³/mol. The third-order valence-electron chi connectivity index (χ3n) is 8.18. The van der Waals surface area contributed by atoms with Crippen molar-refractivity contribution in [3.05, 3.63) is 139 Å². The number of furan rings is 1. The molecular weight excluding hydrogens is 518 g/mol. The molecule has 0 spiro atoms. The lowest BCUT2D eigenvalue weighted by Crippen LogP contribution is -2.31. The van der Waals surface area contributed by atoms with Gasteiger partial charge in [0, 0.05) is 45.8 Å². The molecular formula is C37H27N3O2. The van der Waals surface area contributed by atoms with Crippen LogP contribution >= 0.6 is 0 Å². The fourth-order valence-electron chi connectivity index (χ4n) is 6.24. The minimum absolute atomic E-state index is 0.346. The molecule has 0 amide bonds. The van der Waals surface area contributed by atoms with E-state index in [1.165, 1.54) is 5.56 Å². The molecule has 0 atom stereocenters. The van der Waals surface area contributed by atoms with Gasteiger partial charge in [0.25, 0.3) is 0 Å². The van der Waals surface area contributed by atoms with Gasteiger partial charge in [-0.25, -0.2) is 4.98 Å². The van der Waals surface area contributed by atoms with Crippen molar-refractivity contribution in [1.29, 1.82) is 0 Å². The van der Waals surface area contributed by atoms with Crippen LogP contribution in [0.4, 0.5) is 17.2 Å². The van der Waals surface area contributed by atoms with Crippen LogP contribution in [0, 0.1) is 0 Å². The van der Waals surface area contributed by atoms with Gasteiger partial charge in [-0.05, 0) is 66.2 Å². The smallest absolute Gasteiger partial charge is 0.141 e. The summed E-state index contributed by atoms with van der Waals surface area (Å²) in [5, 5.41) is 2.24. The summed E-state index contributed by atoms with van der Waals surface area (Å²) in [4.78, 5) is 11.5. The summed E-state index contributed by atoms with van der Waals surface area (Å²) < 4.78 is 13.0. The highest BCUT2D eigenvalue weighted by Gasteiger charge is 2.40. The number of aromatic nitrogens is 2. The van der Waals surface area contributed by atoms with E-state index in [1.807, 2.05) is 85.1 Å². The van der Waals surface area contributed by atoms with Crippen molar-refractivity contribution >= 4 is 39.1 Å². The van der Waals surface area contributed by atoms with Gasteiger partial charge < -0.3 is 9.15 Å². The molecule has 1 aliphatic rings. The van der Waals surface area contributed by atoms with E-state index in [1.54, 1.807) is 6.20 Å². The number of nitrogens with zero attached hydrogens (tertiary/aromatic N) is 3. The maximum atomic E-state index is 6.56. The first-order valence-electron chi connectivity index (χ1n) is 14.1. The highest BCUT2D eigenvalue weighted by Crippen LogP contribution is 2.55. The van der Waals surface area contributed by atoms with Crippen LogP contribution in [-0.4, -0.2) is 9.97 Å². The molecule has 5 heteroatoms. The Morgan fingerprint density at radius 1 is 0.667 bits per heavy atom. The zero-order chi connectivity index (χ0) is 28.3. The molecule has 4 heterocycles. The van der Waals surface area contributed by atoms with Crippen molar-refractivity contribution in [3.63, 3.8) is 0 Å². The average Bonchev–Trinajstić information content (AvgIpc) is 3.40. The fraction of sp³-hybridized carbons (Fsp3) is 0.0811. The molecule has 0 fully saturated rings. The van der Waals surface area contributed by atoms with Crippen LogP contribution in [0.5, 0.6) is 11.5 Å². The zero-order valence-corrected chi connectivity index (χ0v) is 23.3. The first kappa shape index (κ1) is 24.4. The first-order valence-corrected chi connectivity index (χ1v) is 14.1. The minimum Gasteiger partial charge on any atom is -0.457 e. The third kappa shape index (κ3) is 3.78. The molecule has 0 unspecified atom stereocenters. The van der Waals surface area contributed by atoms with Crippen LogP contribution in [0.3, 0.4) is 0 Å². The second-order valence-corrected chi connectivity index (χ2v) is 11.1. The highest BCUT2D eigenvalue weighted by molar-refractivity contribution is 6.09. The minimum atomic E-state index is -0.346. The van der Waals surface area contributed by atoms with Crippen molar-refractivity contribution in [2.45, 2.75) is 19.3 Å². The maximum absolute atomic E-state index is 6.56. The molecule has 202 valence electrons. The van der Waals surface area contributed by atoms with Gasteiger partial charge in [0.1, 0.15) is 28.5 Å². The Bertz CT molecular complexity index is 2100. The maximum Gasteiger partial charge on any atom is 0.141 e. The normalized spacial score (nSPS) is 13.6. The Morgan fingerprint density at radius 2 is 1.48 bits per heavy atom. The van der Waals surface area contributed by atoms with E-state index in [4.69, 9.17) is 14.1 Å². The van der Waals surface area contributed by atoms with E-state index in [-0.39, 0.29) is 5.41 Å². The van der Waals surface area contributed by atoms with Crippen molar-refractivity contribution in [1.82, 2.24) is 9.97 Å². The number of para-hydroxylation sites is 1. The molecule has 4 aromatic carbocycles. The predicted octanol–water partition coefficient (Wildman–Crippen LogP) is 9.94. The lowest BCUT2D eigenvalue weighted by molar-refractivity contribution is 0.482. The lowest BCUT2D eigenvalue weighted by atomic mass is 9.73. The van der Waals surface area contributed by atoms with Crippen LogP contribution in [0.15, 0.2) is 132 Å². The number of hydrogen-bond acceptors (Lipinski definition) is 5. The quantitative estimate of drug-likeness (QED) is 0.220. The fourth-order valence-corrected chi connectivity index (χ4v) is 6.24. The topological polar surface area (TPSA) is 51.4 Å². The van der Waals surface area contributed by atoms with E-state index in [0.717, 1.165) is 67.5 Å². The lowest BCUT2D eigenvalue weighted by Gasteiger charge is -2.41. The number of rotatable bonds is 4. The molecule has 0 saturated carbocycles. The summed E-state index contributed by atoms with van der Waals surface area (Å²) in [5.74, 6) is 2.33. The molecule has 42 heavy (non-hydrogen) atoms. The second-order valence-electron chi connectivity index (χ2n) is 11.1. The van der Waals surface area contributed by atoms with Crippen molar-refractivity contribution in [2.75, 3.05) is 4.90 Å². The molecule has 3 aromatic heterocycles. The molecule has 8 rings (SSSR count). The highest BCUT2D eigenvalue weighted by atomic mass is 16.5. The molecule has 1 aliphatic heterocycles. The average molecular weight is 546 g/mol. The van der Waals surface area contributed by atoms with Gasteiger partial charge in [-0.2, -0.15) is 0 Å². The van der Waals surface area contributed by atoms with Crippen LogP contribution in [0.25, 0.3) is 33.2 Å². The van der Waals surface area contributed by atoms with E-state index < -0.39 is 0 Å². The van der Waals surface area contributed by atoms with Crippen molar-refractivity contribution < 1.29 is 9.15 Å². The van der Waals surface area contributed by atoms with E-state index in [9.17, 15) is 0 Å². The number of pyridine rings is 2. The Hall–Kier alpha value is -5.42. The number of benzene rings is 4.